The topological polar surface area (TPSA) is 61.8 Å². The van der Waals surface area contributed by atoms with Crippen LogP contribution in [0.4, 0.5) is 10.6 Å². The van der Waals surface area contributed by atoms with Crippen molar-refractivity contribution in [2.45, 2.75) is 40.2 Å². The second kappa shape index (κ2) is 8.21. The molecule has 0 bridgehead atoms. The number of hydrogen-bond acceptors (Lipinski definition) is 7. The number of aryl methyl sites for hydroxylation is 2. The lowest BCUT2D eigenvalue weighted by molar-refractivity contribution is 0.105. The van der Waals surface area contributed by atoms with Gasteiger partial charge in [-0.3, -0.25) is 4.90 Å². The zero-order chi connectivity index (χ0) is 19.7. The first kappa shape index (κ1) is 19.4. The van der Waals surface area contributed by atoms with Crippen molar-refractivity contribution in [2.24, 2.45) is 0 Å². The average Bonchev–Trinajstić information content (AvgIpc) is 3.30. The van der Waals surface area contributed by atoms with Crippen molar-refractivity contribution >= 4 is 33.5 Å². The van der Waals surface area contributed by atoms with Crippen LogP contribution >= 0.6 is 11.3 Å². The summed E-state index contributed by atoms with van der Waals surface area (Å²) >= 11 is 1.76. The molecule has 0 N–H and O–H groups in total. The zero-order valence-corrected chi connectivity index (χ0v) is 17.8. The highest BCUT2D eigenvalue weighted by Crippen LogP contribution is 2.35. The van der Waals surface area contributed by atoms with E-state index in [1.54, 1.807) is 16.2 Å². The standard InChI is InChI=1S/C20H29N5O2S/c1-4-27-20(26)25-11-9-24(10-12-25)18-17-14(2)15(3)28-19(17)22-16(21-18)13-23-7-5-6-8-23/h4-13H2,1-3H3. The van der Waals surface area contributed by atoms with Crippen LogP contribution in [0.25, 0.3) is 10.2 Å². The summed E-state index contributed by atoms with van der Waals surface area (Å²) in [6.45, 7) is 12.5. The lowest BCUT2D eigenvalue weighted by Crippen LogP contribution is -2.49. The van der Waals surface area contributed by atoms with Crippen LogP contribution in [0.5, 0.6) is 0 Å². The third kappa shape index (κ3) is 3.80. The van der Waals surface area contributed by atoms with Crippen LogP contribution in [-0.2, 0) is 11.3 Å². The maximum Gasteiger partial charge on any atom is 0.409 e. The number of likely N-dealkylation sites (tertiary alicyclic amines) is 1. The fraction of sp³-hybridized carbons (Fsp3) is 0.650. The van der Waals surface area contributed by atoms with Crippen LogP contribution in [0.2, 0.25) is 0 Å². The van der Waals surface area contributed by atoms with Gasteiger partial charge in [0.15, 0.2) is 0 Å². The molecule has 0 saturated carbocycles. The van der Waals surface area contributed by atoms with Gasteiger partial charge in [-0.2, -0.15) is 0 Å². The molecule has 28 heavy (non-hydrogen) atoms. The second-order valence-corrected chi connectivity index (χ2v) is 8.79. The van der Waals surface area contributed by atoms with Gasteiger partial charge in [0.25, 0.3) is 0 Å². The number of piperazine rings is 1. The van der Waals surface area contributed by atoms with Gasteiger partial charge >= 0.3 is 6.09 Å². The molecule has 0 unspecified atom stereocenters. The minimum atomic E-state index is -0.215. The van der Waals surface area contributed by atoms with E-state index in [2.05, 4.69) is 23.6 Å². The minimum absolute atomic E-state index is 0.215. The van der Waals surface area contributed by atoms with E-state index in [9.17, 15) is 4.79 Å². The van der Waals surface area contributed by atoms with Gasteiger partial charge in [-0.15, -0.1) is 11.3 Å². The van der Waals surface area contributed by atoms with Crippen molar-refractivity contribution in [3.63, 3.8) is 0 Å². The molecule has 7 nitrogen and oxygen atoms in total. The van der Waals surface area contributed by atoms with Gasteiger partial charge in [0, 0.05) is 31.1 Å². The highest BCUT2D eigenvalue weighted by molar-refractivity contribution is 7.18. The third-order valence-electron chi connectivity index (χ3n) is 5.72. The van der Waals surface area contributed by atoms with E-state index >= 15 is 0 Å². The molecule has 2 aromatic rings. The number of anilines is 1. The summed E-state index contributed by atoms with van der Waals surface area (Å²) in [6.07, 6.45) is 2.32. The summed E-state index contributed by atoms with van der Waals surface area (Å²) in [5.74, 6) is 1.95. The molecule has 152 valence electrons. The molecule has 0 aromatic carbocycles. The molecule has 2 fully saturated rings. The van der Waals surface area contributed by atoms with Gasteiger partial charge in [0.1, 0.15) is 16.5 Å². The van der Waals surface area contributed by atoms with Crippen molar-refractivity contribution in [2.75, 3.05) is 50.8 Å². The second-order valence-electron chi connectivity index (χ2n) is 7.58. The summed E-state index contributed by atoms with van der Waals surface area (Å²) in [5, 5.41) is 1.18. The van der Waals surface area contributed by atoms with Crippen LogP contribution in [0.3, 0.4) is 0 Å². The van der Waals surface area contributed by atoms with Crippen molar-refractivity contribution < 1.29 is 9.53 Å². The van der Waals surface area contributed by atoms with Crippen LogP contribution in [0.1, 0.15) is 36.0 Å². The van der Waals surface area contributed by atoms with E-state index in [1.807, 2.05) is 6.92 Å². The Morgan fingerprint density at radius 2 is 1.79 bits per heavy atom. The molecule has 0 atom stereocenters. The Hall–Kier alpha value is -1.93. The number of ether oxygens (including phenoxy) is 1. The predicted molar refractivity (Wildman–Crippen MR) is 112 cm³/mol. The fourth-order valence-corrected chi connectivity index (χ4v) is 5.07. The monoisotopic (exact) mass is 403 g/mol. The van der Waals surface area contributed by atoms with Gasteiger partial charge in [-0.1, -0.05) is 0 Å². The molecule has 2 aliphatic heterocycles. The SMILES string of the molecule is CCOC(=O)N1CCN(c2nc(CN3CCCC3)nc3sc(C)c(C)c23)CC1. The minimum Gasteiger partial charge on any atom is -0.450 e. The molecular weight excluding hydrogens is 374 g/mol. The van der Waals surface area contributed by atoms with Gasteiger partial charge in [0.2, 0.25) is 0 Å². The van der Waals surface area contributed by atoms with Crippen LogP contribution in [-0.4, -0.2) is 71.7 Å². The first-order valence-electron chi connectivity index (χ1n) is 10.2. The number of hydrogen-bond donors (Lipinski definition) is 0. The van der Waals surface area contributed by atoms with E-state index in [-0.39, 0.29) is 6.09 Å². The summed E-state index contributed by atoms with van der Waals surface area (Å²) < 4.78 is 5.15. The number of carbonyl (C=O) groups is 1. The number of thiophene rings is 1. The Morgan fingerprint density at radius 3 is 2.46 bits per heavy atom. The Labute approximate surface area is 170 Å². The smallest absolute Gasteiger partial charge is 0.409 e. The number of rotatable bonds is 4. The van der Waals surface area contributed by atoms with E-state index in [1.165, 1.54) is 28.7 Å². The van der Waals surface area contributed by atoms with Gasteiger partial charge in [0.05, 0.1) is 18.5 Å². The van der Waals surface area contributed by atoms with Gasteiger partial charge in [-0.25, -0.2) is 14.8 Å². The van der Waals surface area contributed by atoms with Crippen molar-refractivity contribution in [1.82, 2.24) is 19.8 Å². The summed E-state index contributed by atoms with van der Waals surface area (Å²) in [7, 11) is 0. The molecule has 0 aliphatic carbocycles. The Balaban J connectivity index is 1.60. The molecule has 2 aliphatic rings. The first-order valence-corrected chi connectivity index (χ1v) is 11.0. The van der Waals surface area contributed by atoms with Gasteiger partial charge in [-0.05, 0) is 52.3 Å². The molecule has 0 spiro atoms. The van der Waals surface area contributed by atoms with E-state index in [4.69, 9.17) is 14.7 Å². The van der Waals surface area contributed by atoms with E-state index in [0.29, 0.717) is 19.7 Å². The third-order valence-corrected chi connectivity index (χ3v) is 6.83. The molecule has 2 aromatic heterocycles. The highest BCUT2D eigenvalue weighted by atomic mass is 32.1. The summed E-state index contributed by atoms with van der Waals surface area (Å²) in [6, 6.07) is 0. The molecule has 0 radical (unpaired) electrons. The normalized spacial score (nSPS) is 18.2. The number of amides is 1. The van der Waals surface area contributed by atoms with Crippen molar-refractivity contribution in [1.29, 1.82) is 0 Å². The van der Waals surface area contributed by atoms with Crippen LogP contribution < -0.4 is 4.90 Å². The zero-order valence-electron chi connectivity index (χ0n) is 17.0. The predicted octanol–water partition coefficient (Wildman–Crippen LogP) is 3.18. The van der Waals surface area contributed by atoms with E-state index in [0.717, 1.165) is 49.2 Å². The summed E-state index contributed by atoms with van der Waals surface area (Å²) in [4.78, 5) is 30.9. The molecule has 4 heterocycles. The number of aromatic nitrogens is 2. The molecule has 2 saturated heterocycles. The molecule has 8 heteroatoms. The van der Waals surface area contributed by atoms with Gasteiger partial charge < -0.3 is 14.5 Å². The lowest BCUT2D eigenvalue weighted by Gasteiger charge is -2.35. The largest absolute Gasteiger partial charge is 0.450 e. The maximum atomic E-state index is 12.0. The first-order chi connectivity index (χ1) is 13.6. The fourth-order valence-electron chi connectivity index (χ4n) is 4.03. The lowest BCUT2D eigenvalue weighted by atomic mass is 10.2. The Bertz CT molecular complexity index is 854. The molecule has 1 amide bonds. The Kier molecular flexibility index (Phi) is 5.68. The maximum absolute atomic E-state index is 12.0. The Morgan fingerprint density at radius 1 is 1.07 bits per heavy atom. The summed E-state index contributed by atoms with van der Waals surface area (Å²) in [5.41, 5.74) is 1.27. The highest BCUT2D eigenvalue weighted by Gasteiger charge is 2.26. The van der Waals surface area contributed by atoms with Crippen LogP contribution in [0, 0.1) is 13.8 Å². The van der Waals surface area contributed by atoms with Crippen molar-refractivity contribution in [3.8, 4) is 0 Å². The number of nitrogens with zero attached hydrogens (tertiary/aromatic N) is 5. The van der Waals surface area contributed by atoms with Crippen LogP contribution in [0.15, 0.2) is 0 Å². The quantitative estimate of drug-likeness (QED) is 0.781. The number of carbonyl (C=O) groups excluding carboxylic acids is 1. The number of fused-ring (bicyclic) bond motifs is 1. The molecule has 4 rings (SSSR count). The van der Waals surface area contributed by atoms with E-state index < -0.39 is 0 Å². The average molecular weight is 404 g/mol. The van der Waals surface area contributed by atoms with Crippen molar-refractivity contribution in [3.05, 3.63) is 16.3 Å². The molecular formula is C20H29N5O2S.